The molecule has 38 heavy (non-hydrogen) atoms. The first kappa shape index (κ1) is 27.7. The molecule has 2 aromatic carbocycles. The molecule has 0 aromatic heterocycles. The molecule has 1 amide bonds. The number of nitrogens with zero attached hydrogens (tertiary/aromatic N) is 3. The Morgan fingerprint density at radius 2 is 1.61 bits per heavy atom. The Balaban J connectivity index is 1.44. The molecule has 6 nitrogen and oxygen atoms in total. The summed E-state index contributed by atoms with van der Waals surface area (Å²) in [6.45, 7) is 7.85. The van der Waals surface area contributed by atoms with Gasteiger partial charge in [-0.3, -0.25) is 14.5 Å². The molecule has 0 atom stereocenters. The Morgan fingerprint density at radius 1 is 0.947 bits per heavy atom. The van der Waals surface area contributed by atoms with E-state index in [1.165, 1.54) is 11.6 Å². The maximum absolute atomic E-state index is 13.8. The minimum Gasteiger partial charge on any atom is -0.456 e. The second kappa shape index (κ2) is 11.6. The van der Waals surface area contributed by atoms with Crippen LogP contribution in [0.2, 0.25) is 0 Å². The Hall–Kier alpha value is -3.33. The van der Waals surface area contributed by atoms with Gasteiger partial charge in [-0.25, -0.2) is 0 Å². The van der Waals surface area contributed by atoms with E-state index in [1.807, 2.05) is 36.9 Å². The minimum absolute atomic E-state index is 0.174. The van der Waals surface area contributed by atoms with Crippen molar-refractivity contribution in [3.63, 3.8) is 0 Å². The maximum atomic E-state index is 13.8. The first-order chi connectivity index (χ1) is 18.1. The number of ether oxygens (including phenoxy) is 1. The van der Waals surface area contributed by atoms with E-state index in [0.717, 1.165) is 24.3 Å². The SMILES string of the molecule is CC(C)=C(C(=O)N1CCN(c2cccc(C(F)(F)F)c2)CC1)C1(OC=O)CCN(Cc2ccccc2)CC1. The fraction of sp³-hybridized carbons (Fsp3) is 0.448. The molecule has 9 heteroatoms. The number of carbonyl (C=O) groups excluding carboxylic acids is 2. The van der Waals surface area contributed by atoms with Gasteiger partial charge in [0.15, 0.2) is 0 Å². The molecule has 0 aliphatic carbocycles. The van der Waals surface area contributed by atoms with Gasteiger partial charge in [-0.15, -0.1) is 0 Å². The highest BCUT2D eigenvalue weighted by Crippen LogP contribution is 2.37. The first-order valence-corrected chi connectivity index (χ1v) is 12.9. The van der Waals surface area contributed by atoms with Crippen molar-refractivity contribution in [2.24, 2.45) is 0 Å². The van der Waals surface area contributed by atoms with Gasteiger partial charge in [-0.1, -0.05) is 42.0 Å². The molecular formula is C29H34F3N3O3. The van der Waals surface area contributed by atoms with Crippen LogP contribution in [0.3, 0.4) is 0 Å². The number of hydrogen-bond donors (Lipinski definition) is 0. The van der Waals surface area contributed by atoms with Crippen molar-refractivity contribution in [3.8, 4) is 0 Å². The zero-order valence-corrected chi connectivity index (χ0v) is 21.8. The highest BCUT2D eigenvalue weighted by atomic mass is 19.4. The van der Waals surface area contributed by atoms with E-state index in [2.05, 4.69) is 17.0 Å². The van der Waals surface area contributed by atoms with E-state index in [-0.39, 0.29) is 5.91 Å². The summed E-state index contributed by atoms with van der Waals surface area (Å²) in [5.74, 6) is -0.174. The zero-order chi connectivity index (χ0) is 27.3. The van der Waals surface area contributed by atoms with Gasteiger partial charge in [0.1, 0.15) is 5.60 Å². The Kier molecular flexibility index (Phi) is 8.45. The lowest BCUT2D eigenvalue weighted by molar-refractivity contribution is -0.147. The predicted molar refractivity (Wildman–Crippen MR) is 139 cm³/mol. The van der Waals surface area contributed by atoms with Crippen LogP contribution < -0.4 is 4.90 Å². The third-order valence-corrected chi connectivity index (χ3v) is 7.46. The summed E-state index contributed by atoms with van der Waals surface area (Å²) >= 11 is 0. The molecular weight excluding hydrogens is 495 g/mol. The Morgan fingerprint density at radius 3 is 2.18 bits per heavy atom. The first-order valence-electron chi connectivity index (χ1n) is 12.9. The van der Waals surface area contributed by atoms with Gasteiger partial charge in [-0.05, 0) is 37.6 Å². The highest BCUT2D eigenvalue weighted by Gasteiger charge is 2.45. The summed E-state index contributed by atoms with van der Waals surface area (Å²) in [5.41, 5.74) is 1.31. The lowest BCUT2D eigenvalue weighted by Crippen LogP contribution is -2.54. The number of halogens is 3. The molecule has 2 aliphatic rings. The van der Waals surface area contributed by atoms with Crippen LogP contribution in [0.5, 0.6) is 0 Å². The second-order valence-electron chi connectivity index (χ2n) is 10.2. The number of alkyl halides is 3. The molecule has 0 saturated carbocycles. The molecule has 0 bridgehead atoms. The van der Waals surface area contributed by atoms with Crippen molar-refractivity contribution in [1.29, 1.82) is 0 Å². The van der Waals surface area contributed by atoms with Gasteiger partial charge in [0.05, 0.1) is 11.1 Å². The Bertz CT molecular complexity index is 1150. The smallest absolute Gasteiger partial charge is 0.416 e. The van der Waals surface area contributed by atoms with Crippen molar-refractivity contribution in [3.05, 3.63) is 76.9 Å². The van der Waals surface area contributed by atoms with Crippen LogP contribution >= 0.6 is 0 Å². The van der Waals surface area contributed by atoms with Crippen LogP contribution in [0.25, 0.3) is 0 Å². The molecule has 2 aromatic rings. The van der Waals surface area contributed by atoms with Gasteiger partial charge in [-0.2, -0.15) is 13.2 Å². The summed E-state index contributed by atoms with van der Waals surface area (Å²) in [6, 6.07) is 15.4. The van der Waals surface area contributed by atoms with E-state index >= 15 is 0 Å². The van der Waals surface area contributed by atoms with Crippen LogP contribution in [-0.4, -0.2) is 67.0 Å². The lowest BCUT2D eigenvalue weighted by Gasteiger charge is -2.44. The van der Waals surface area contributed by atoms with E-state index in [0.29, 0.717) is 69.8 Å². The molecule has 0 spiro atoms. The number of allylic oxidation sites excluding steroid dienone is 1. The normalized spacial score (nSPS) is 18.1. The molecule has 0 N–H and O–H groups in total. The van der Waals surface area contributed by atoms with Crippen molar-refractivity contribution < 1.29 is 27.5 Å². The van der Waals surface area contributed by atoms with Crippen molar-refractivity contribution in [2.75, 3.05) is 44.2 Å². The van der Waals surface area contributed by atoms with Crippen LogP contribution in [0.1, 0.15) is 37.8 Å². The largest absolute Gasteiger partial charge is 0.456 e. The number of hydrogen-bond acceptors (Lipinski definition) is 5. The molecule has 204 valence electrons. The second-order valence-corrected chi connectivity index (χ2v) is 10.2. The number of likely N-dealkylation sites (tertiary alicyclic amines) is 1. The van der Waals surface area contributed by atoms with Crippen molar-refractivity contribution in [2.45, 2.75) is 45.0 Å². The third-order valence-electron chi connectivity index (χ3n) is 7.46. The fourth-order valence-electron chi connectivity index (χ4n) is 5.50. The number of amides is 1. The summed E-state index contributed by atoms with van der Waals surface area (Å²) in [5, 5.41) is 0. The van der Waals surface area contributed by atoms with E-state index < -0.39 is 17.3 Å². The fourth-order valence-corrected chi connectivity index (χ4v) is 5.50. The van der Waals surface area contributed by atoms with Crippen molar-refractivity contribution >= 4 is 18.1 Å². The predicted octanol–water partition coefficient (Wildman–Crippen LogP) is 4.90. The Labute approximate surface area is 221 Å². The molecule has 4 rings (SSSR count). The summed E-state index contributed by atoms with van der Waals surface area (Å²) in [4.78, 5) is 31.3. The van der Waals surface area contributed by atoms with Crippen LogP contribution in [-0.2, 0) is 27.0 Å². The van der Waals surface area contributed by atoms with Gasteiger partial charge in [0.2, 0.25) is 0 Å². The lowest BCUT2D eigenvalue weighted by atomic mass is 9.80. The molecule has 2 aliphatic heterocycles. The molecule has 2 saturated heterocycles. The van der Waals surface area contributed by atoms with E-state index in [9.17, 15) is 22.8 Å². The standard InChI is InChI=1S/C29H34F3N3O3/c1-22(2)26(28(38-21-36)11-13-33(14-12-28)20-23-7-4-3-5-8-23)27(37)35-17-15-34(16-18-35)25-10-6-9-24(19-25)29(30,31)32/h3-10,19,21H,11-18,20H2,1-2H3. The summed E-state index contributed by atoms with van der Waals surface area (Å²) in [6.07, 6.45) is -3.39. The van der Waals surface area contributed by atoms with Gasteiger partial charge >= 0.3 is 6.18 Å². The maximum Gasteiger partial charge on any atom is 0.416 e. The summed E-state index contributed by atoms with van der Waals surface area (Å²) < 4.78 is 45.2. The number of anilines is 1. The highest BCUT2D eigenvalue weighted by molar-refractivity contribution is 5.96. The monoisotopic (exact) mass is 529 g/mol. The summed E-state index contributed by atoms with van der Waals surface area (Å²) in [7, 11) is 0. The van der Waals surface area contributed by atoms with E-state index in [4.69, 9.17) is 4.74 Å². The van der Waals surface area contributed by atoms with Crippen LogP contribution in [0.4, 0.5) is 18.9 Å². The van der Waals surface area contributed by atoms with E-state index in [1.54, 1.807) is 11.0 Å². The number of rotatable bonds is 7. The van der Waals surface area contributed by atoms with Gasteiger partial charge in [0, 0.05) is 64.3 Å². The topological polar surface area (TPSA) is 53.1 Å². The number of piperidine rings is 1. The average Bonchev–Trinajstić information content (AvgIpc) is 2.90. The number of carbonyl (C=O) groups is 2. The zero-order valence-electron chi connectivity index (χ0n) is 21.8. The quantitative estimate of drug-likeness (QED) is 0.377. The number of piperazine rings is 1. The van der Waals surface area contributed by atoms with Gasteiger partial charge in [0.25, 0.3) is 12.4 Å². The molecule has 0 unspecified atom stereocenters. The van der Waals surface area contributed by atoms with Gasteiger partial charge < -0.3 is 14.5 Å². The molecule has 0 radical (unpaired) electrons. The molecule has 2 heterocycles. The van der Waals surface area contributed by atoms with Crippen LogP contribution in [0, 0.1) is 0 Å². The minimum atomic E-state index is -4.41. The van der Waals surface area contributed by atoms with Crippen LogP contribution in [0.15, 0.2) is 65.7 Å². The van der Waals surface area contributed by atoms with Crippen molar-refractivity contribution in [1.82, 2.24) is 9.80 Å². The average molecular weight is 530 g/mol. The third kappa shape index (κ3) is 6.20. The number of benzene rings is 2. The molecule has 2 fully saturated rings.